The van der Waals surface area contributed by atoms with E-state index in [4.69, 9.17) is 11.5 Å². The molecule has 1 amide bonds. The van der Waals surface area contributed by atoms with Gasteiger partial charge in [0.15, 0.2) is 0 Å². The lowest BCUT2D eigenvalue weighted by Gasteiger charge is -2.18. The van der Waals surface area contributed by atoms with Gasteiger partial charge in [0, 0.05) is 11.4 Å². The first kappa shape index (κ1) is 20.1. The maximum Gasteiger partial charge on any atom is 0.231 e. The number of nitrogen functional groups attached to an aromatic ring is 1. The fourth-order valence-electron chi connectivity index (χ4n) is 3.20. The largest absolute Gasteiger partial charge is 0.398 e. The van der Waals surface area contributed by atoms with Crippen LogP contribution in [0.4, 0.5) is 11.4 Å². The van der Waals surface area contributed by atoms with Gasteiger partial charge < -0.3 is 16.8 Å². The van der Waals surface area contributed by atoms with Gasteiger partial charge in [0.25, 0.3) is 0 Å². The van der Waals surface area contributed by atoms with Crippen molar-refractivity contribution in [2.45, 2.75) is 38.6 Å². The minimum absolute atomic E-state index is 0.0494. The third kappa shape index (κ3) is 4.61. The summed E-state index contributed by atoms with van der Waals surface area (Å²) in [6.07, 6.45) is 2.17. The molecule has 0 aliphatic carbocycles. The predicted molar refractivity (Wildman–Crippen MR) is 119 cm³/mol. The number of amides is 1. The van der Waals surface area contributed by atoms with Crippen LogP contribution in [0.25, 0.3) is 0 Å². The van der Waals surface area contributed by atoms with Gasteiger partial charge in [-0.15, -0.1) is 0 Å². The number of aryl methyl sites for hydroxylation is 1. The fourth-order valence-corrected chi connectivity index (χ4v) is 3.96. The van der Waals surface area contributed by atoms with Crippen molar-refractivity contribution in [3.8, 4) is 0 Å². The maximum atomic E-state index is 12.6. The lowest BCUT2D eigenvalue weighted by molar-refractivity contribution is -0.117. The molecule has 0 aliphatic rings. The predicted octanol–water partition coefficient (Wildman–Crippen LogP) is 5.07. The number of carbonyl (C=O) groups is 1. The molecule has 4 nitrogen and oxygen atoms in total. The zero-order valence-corrected chi connectivity index (χ0v) is 17.1. The van der Waals surface area contributed by atoms with Crippen molar-refractivity contribution >= 4 is 28.6 Å². The van der Waals surface area contributed by atoms with Crippen LogP contribution >= 0.6 is 11.3 Å². The molecule has 3 aromatic rings. The molecule has 5 N–H and O–H groups in total. The summed E-state index contributed by atoms with van der Waals surface area (Å²) in [5.74, 6) is -0.265. The molecule has 0 bridgehead atoms. The third-order valence-electron chi connectivity index (χ3n) is 5.00. The average Bonchev–Trinajstić information content (AvgIpc) is 3.24. The molecule has 5 heteroatoms. The topological polar surface area (TPSA) is 81.1 Å². The van der Waals surface area contributed by atoms with E-state index in [-0.39, 0.29) is 17.9 Å². The van der Waals surface area contributed by atoms with E-state index in [9.17, 15) is 4.79 Å². The standard InChI is InChI=1S/C23H27N3OS/c1-3-4-16-5-7-17(8-6-16)22(25)20-13-19(9-10-21(20)24)26-23(27)15(2)18-11-12-28-14-18/h5-15,22H,3-4,24-25H2,1-2H3,(H,26,27). The Morgan fingerprint density at radius 2 is 1.86 bits per heavy atom. The number of carbonyl (C=O) groups excluding carboxylic acids is 1. The number of rotatable bonds is 7. The van der Waals surface area contributed by atoms with E-state index in [1.165, 1.54) is 5.56 Å². The minimum atomic E-state index is -0.346. The van der Waals surface area contributed by atoms with Crippen LogP contribution in [0.1, 0.15) is 54.5 Å². The first-order valence-corrected chi connectivity index (χ1v) is 10.5. The highest BCUT2D eigenvalue weighted by Crippen LogP contribution is 2.29. The first-order valence-electron chi connectivity index (χ1n) is 9.56. The van der Waals surface area contributed by atoms with E-state index in [1.54, 1.807) is 17.4 Å². The molecule has 2 aromatic carbocycles. The zero-order valence-electron chi connectivity index (χ0n) is 16.3. The molecule has 28 heavy (non-hydrogen) atoms. The lowest BCUT2D eigenvalue weighted by Crippen LogP contribution is -2.19. The summed E-state index contributed by atoms with van der Waals surface area (Å²) in [7, 11) is 0. The number of hydrogen-bond donors (Lipinski definition) is 3. The number of benzene rings is 2. The summed E-state index contributed by atoms with van der Waals surface area (Å²) in [6.45, 7) is 4.07. The number of nitrogens with one attached hydrogen (secondary N) is 1. The molecule has 1 aromatic heterocycles. The van der Waals surface area contributed by atoms with Crippen molar-refractivity contribution in [3.05, 3.63) is 81.5 Å². The van der Waals surface area contributed by atoms with Gasteiger partial charge in [-0.25, -0.2) is 0 Å². The second-order valence-corrected chi connectivity index (χ2v) is 7.86. The van der Waals surface area contributed by atoms with Gasteiger partial charge in [0.1, 0.15) is 0 Å². The van der Waals surface area contributed by atoms with Crippen LogP contribution in [0.5, 0.6) is 0 Å². The van der Waals surface area contributed by atoms with E-state index in [0.717, 1.165) is 29.5 Å². The highest BCUT2D eigenvalue weighted by molar-refractivity contribution is 7.08. The molecular formula is C23H27N3OS. The third-order valence-corrected chi connectivity index (χ3v) is 5.70. The SMILES string of the molecule is CCCc1ccc(C(N)c2cc(NC(=O)C(C)c3ccsc3)ccc2N)cc1. The molecule has 2 unspecified atom stereocenters. The smallest absolute Gasteiger partial charge is 0.231 e. The van der Waals surface area contributed by atoms with Crippen LogP contribution in [0, 0.1) is 0 Å². The van der Waals surface area contributed by atoms with Crippen LogP contribution in [0.2, 0.25) is 0 Å². The van der Waals surface area contributed by atoms with Gasteiger partial charge >= 0.3 is 0 Å². The van der Waals surface area contributed by atoms with E-state index in [2.05, 4.69) is 36.5 Å². The molecular weight excluding hydrogens is 366 g/mol. The Labute approximate surface area is 170 Å². The second kappa shape index (κ2) is 9.04. The highest BCUT2D eigenvalue weighted by Gasteiger charge is 2.18. The first-order chi connectivity index (χ1) is 13.5. The highest BCUT2D eigenvalue weighted by atomic mass is 32.1. The normalized spacial score (nSPS) is 13.1. The summed E-state index contributed by atoms with van der Waals surface area (Å²) in [4.78, 5) is 12.6. The Bertz CT molecular complexity index is 920. The molecule has 1 heterocycles. The molecule has 0 saturated carbocycles. The summed E-state index contributed by atoms with van der Waals surface area (Å²) >= 11 is 1.59. The number of nitrogens with two attached hydrogens (primary N) is 2. The van der Waals surface area contributed by atoms with Crippen LogP contribution in [0.3, 0.4) is 0 Å². The van der Waals surface area contributed by atoms with E-state index in [0.29, 0.717) is 11.4 Å². The van der Waals surface area contributed by atoms with Crippen LogP contribution < -0.4 is 16.8 Å². The molecule has 0 aliphatic heterocycles. The Morgan fingerprint density at radius 3 is 2.50 bits per heavy atom. The lowest BCUT2D eigenvalue weighted by atomic mass is 9.96. The van der Waals surface area contributed by atoms with Crippen LogP contribution in [-0.4, -0.2) is 5.91 Å². The van der Waals surface area contributed by atoms with Gasteiger partial charge in [0.05, 0.1) is 12.0 Å². The Kier molecular flexibility index (Phi) is 6.49. The maximum absolute atomic E-state index is 12.6. The van der Waals surface area contributed by atoms with Crippen LogP contribution in [0.15, 0.2) is 59.3 Å². The van der Waals surface area contributed by atoms with Crippen molar-refractivity contribution in [2.24, 2.45) is 5.73 Å². The number of thiophene rings is 1. The molecule has 3 rings (SSSR count). The van der Waals surface area contributed by atoms with Crippen molar-refractivity contribution in [1.29, 1.82) is 0 Å². The molecule has 0 fully saturated rings. The van der Waals surface area contributed by atoms with Crippen LogP contribution in [-0.2, 0) is 11.2 Å². The second-order valence-electron chi connectivity index (χ2n) is 7.08. The molecule has 2 atom stereocenters. The Hall–Kier alpha value is -2.63. The van der Waals surface area contributed by atoms with Gasteiger partial charge in [-0.2, -0.15) is 11.3 Å². The summed E-state index contributed by atoms with van der Waals surface area (Å²) < 4.78 is 0. The Balaban J connectivity index is 1.78. The molecule has 0 spiro atoms. The van der Waals surface area contributed by atoms with Crippen molar-refractivity contribution < 1.29 is 4.79 Å². The van der Waals surface area contributed by atoms with Gasteiger partial charge in [0.2, 0.25) is 5.91 Å². The van der Waals surface area contributed by atoms with Crippen molar-refractivity contribution in [1.82, 2.24) is 0 Å². The number of hydrogen-bond acceptors (Lipinski definition) is 4. The van der Waals surface area contributed by atoms with E-state index < -0.39 is 0 Å². The monoisotopic (exact) mass is 393 g/mol. The summed E-state index contributed by atoms with van der Waals surface area (Å²) in [5.41, 5.74) is 18.1. The van der Waals surface area contributed by atoms with Gasteiger partial charge in [-0.05, 0) is 70.6 Å². The van der Waals surface area contributed by atoms with Crippen molar-refractivity contribution in [2.75, 3.05) is 11.1 Å². The average molecular weight is 394 g/mol. The van der Waals surface area contributed by atoms with E-state index in [1.807, 2.05) is 35.9 Å². The quantitative estimate of drug-likeness (QED) is 0.490. The molecule has 0 radical (unpaired) electrons. The molecule has 146 valence electrons. The minimum Gasteiger partial charge on any atom is -0.398 e. The number of anilines is 2. The summed E-state index contributed by atoms with van der Waals surface area (Å²) in [6, 6.07) is 15.4. The zero-order chi connectivity index (χ0) is 20.1. The van der Waals surface area contributed by atoms with Gasteiger partial charge in [-0.3, -0.25) is 4.79 Å². The fraction of sp³-hybridized carbons (Fsp3) is 0.261. The van der Waals surface area contributed by atoms with Gasteiger partial charge in [-0.1, -0.05) is 37.6 Å². The van der Waals surface area contributed by atoms with E-state index >= 15 is 0 Å². The Morgan fingerprint density at radius 1 is 1.11 bits per heavy atom. The van der Waals surface area contributed by atoms with Crippen molar-refractivity contribution in [3.63, 3.8) is 0 Å². The molecule has 0 saturated heterocycles. The summed E-state index contributed by atoms with van der Waals surface area (Å²) in [5, 5.41) is 6.96.